The Kier molecular flexibility index (Phi) is 4.71. The van der Waals surface area contributed by atoms with Gasteiger partial charge in [-0.15, -0.1) is 11.3 Å². The van der Waals surface area contributed by atoms with E-state index in [1.807, 2.05) is 6.92 Å². The molecule has 0 aliphatic carbocycles. The molecular weight excluding hydrogens is 256 g/mol. The smallest absolute Gasteiger partial charge is 0.0897 e. The molecule has 2 aromatic heterocycles. The van der Waals surface area contributed by atoms with Gasteiger partial charge in [-0.1, -0.05) is 0 Å². The zero-order valence-electron chi connectivity index (χ0n) is 12.2. The summed E-state index contributed by atoms with van der Waals surface area (Å²) in [6.07, 6.45) is 1.03. The average molecular weight is 278 g/mol. The highest BCUT2D eigenvalue weighted by Crippen LogP contribution is 2.08. The van der Waals surface area contributed by atoms with E-state index >= 15 is 0 Å². The number of likely N-dealkylation sites (N-methyl/N-ethyl adjacent to an activating group) is 1. The van der Waals surface area contributed by atoms with Crippen molar-refractivity contribution in [2.24, 2.45) is 0 Å². The van der Waals surface area contributed by atoms with Gasteiger partial charge in [-0.25, -0.2) is 4.98 Å². The molecule has 0 amide bonds. The van der Waals surface area contributed by atoms with Gasteiger partial charge in [0.15, 0.2) is 0 Å². The third-order valence-corrected chi connectivity index (χ3v) is 4.04. The van der Waals surface area contributed by atoms with Crippen LogP contribution in [0.25, 0.3) is 0 Å². The summed E-state index contributed by atoms with van der Waals surface area (Å²) in [5.74, 6) is 0. The van der Waals surface area contributed by atoms with E-state index in [9.17, 15) is 0 Å². The number of hydrogen-bond acceptors (Lipinski definition) is 4. The van der Waals surface area contributed by atoms with Gasteiger partial charge in [0.25, 0.3) is 0 Å². The van der Waals surface area contributed by atoms with Crippen LogP contribution in [0.1, 0.15) is 22.1 Å². The minimum Gasteiger partial charge on any atom is -0.304 e. The van der Waals surface area contributed by atoms with Crippen LogP contribution in [-0.2, 0) is 13.0 Å². The topological polar surface area (TPSA) is 34.0 Å². The van der Waals surface area contributed by atoms with Crippen molar-refractivity contribution in [2.75, 3.05) is 20.1 Å². The van der Waals surface area contributed by atoms with Crippen LogP contribution >= 0.6 is 11.3 Å². The maximum atomic E-state index is 4.49. The molecule has 5 heteroatoms. The van der Waals surface area contributed by atoms with Crippen LogP contribution in [0, 0.1) is 20.8 Å². The van der Waals surface area contributed by atoms with Gasteiger partial charge in [0.1, 0.15) is 0 Å². The predicted molar refractivity (Wildman–Crippen MR) is 79.8 cm³/mol. The first-order chi connectivity index (χ1) is 9.04. The third-order valence-electron chi connectivity index (χ3n) is 3.21. The molecule has 0 saturated carbocycles. The van der Waals surface area contributed by atoms with Crippen molar-refractivity contribution in [3.63, 3.8) is 0 Å². The lowest BCUT2D eigenvalue weighted by Gasteiger charge is -2.16. The lowest BCUT2D eigenvalue weighted by molar-refractivity contribution is 0.313. The molecule has 19 heavy (non-hydrogen) atoms. The number of thiazole rings is 1. The van der Waals surface area contributed by atoms with Gasteiger partial charge in [-0.05, 0) is 33.9 Å². The molecule has 0 unspecified atom stereocenters. The third kappa shape index (κ3) is 4.14. The Labute approximate surface area is 119 Å². The van der Waals surface area contributed by atoms with Crippen molar-refractivity contribution in [2.45, 2.75) is 33.7 Å². The minimum absolute atomic E-state index is 0.951. The van der Waals surface area contributed by atoms with E-state index < -0.39 is 0 Å². The quantitative estimate of drug-likeness (QED) is 0.814. The van der Waals surface area contributed by atoms with E-state index in [1.165, 1.54) is 11.4 Å². The molecular formula is C14H22N4S. The lowest BCUT2D eigenvalue weighted by atomic mass is 10.3. The number of aryl methyl sites for hydroxylation is 3. The summed E-state index contributed by atoms with van der Waals surface area (Å²) in [5, 5.41) is 7.79. The number of nitrogens with zero attached hydrogens (tertiary/aromatic N) is 4. The summed E-state index contributed by atoms with van der Waals surface area (Å²) in [4.78, 5) is 6.83. The molecule has 0 aliphatic rings. The number of rotatable bonds is 6. The zero-order valence-corrected chi connectivity index (χ0v) is 13.0. The maximum Gasteiger partial charge on any atom is 0.0897 e. The molecule has 0 bridgehead atoms. The monoisotopic (exact) mass is 278 g/mol. The second-order valence-electron chi connectivity index (χ2n) is 5.06. The van der Waals surface area contributed by atoms with Crippen LogP contribution in [0.3, 0.4) is 0 Å². The SMILES string of the molecule is Cc1cc(C)n(CCN(C)CCc2csc(C)n2)n1. The van der Waals surface area contributed by atoms with E-state index in [2.05, 4.69) is 52.0 Å². The molecule has 0 radical (unpaired) electrons. The first-order valence-electron chi connectivity index (χ1n) is 6.65. The molecule has 0 aliphatic heterocycles. The van der Waals surface area contributed by atoms with E-state index in [0.29, 0.717) is 0 Å². The molecule has 2 rings (SSSR count). The lowest BCUT2D eigenvalue weighted by Crippen LogP contribution is -2.26. The largest absolute Gasteiger partial charge is 0.304 e. The molecule has 0 saturated heterocycles. The predicted octanol–water partition coefficient (Wildman–Crippen LogP) is 2.44. The van der Waals surface area contributed by atoms with Crippen molar-refractivity contribution in [1.82, 2.24) is 19.7 Å². The Bertz CT molecular complexity index is 529. The van der Waals surface area contributed by atoms with Crippen LogP contribution in [0.4, 0.5) is 0 Å². The Hall–Kier alpha value is -1.20. The summed E-state index contributed by atoms with van der Waals surface area (Å²) < 4.78 is 2.08. The highest BCUT2D eigenvalue weighted by molar-refractivity contribution is 7.09. The van der Waals surface area contributed by atoms with Gasteiger partial charge in [-0.3, -0.25) is 4.68 Å². The maximum absolute atomic E-state index is 4.49. The van der Waals surface area contributed by atoms with Crippen molar-refractivity contribution in [3.05, 3.63) is 33.5 Å². The number of aromatic nitrogens is 3. The van der Waals surface area contributed by atoms with Crippen LogP contribution in [0.5, 0.6) is 0 Å². The molecule has 0 N–H and O–H groups in total. The van der Waals surface area contributed by atoms with Gasteiger partial charge in [0.2, 0.25) is 0 Å². The van der Waals surface area contributed by atoms with Crippen LogP contribution in [0.2, 0.25) is 0 Å². The molecule has 0 spiro atoms. The van der Waals surface area contributed by atoms with Gasteiger partial charge >= 0.3 is 0 Å². The van der Waals surface area contributed by atoms with E-state index in [1.54, 1.807) is 11.3 Å². The Morgan fingerprint density at radius 3 is 2.63 bits per heavy atom. The second-order valence-corrected chi connectivity index (χ2v) is 6.12. The van der Waals surface area contributed by atoms with Crippen molar-refractivity contribution < 1.29 is 0 Å². The van der Waals surface area contributed by atoms with Crippen molar-refractivity contribution in [1.29, 1.82) is 0 Å². The van der Waals surface area contributed by atoms with Gasteiger partial charge in [0, 0.05) is 30.6 Å². The summed E-state index contributed by atoms with van der Waals surface area (Å²) in [5.41, 5.74) is 3.54. The standard InChI is InChI=1S/C14H22N4S/c1-11-9-12(2)18(16-11)8-7-17(4)6-5-14-10-19-13(3)15-14/h9-10H,5-8H2,1-4H3. The fourth-order valence-corrected chi connectivity index (χ4v) is 2.75. The molecule has 0 aromatic carbocycles. The van der Waals surface area contributed by atoms with Crippen molar-refractivity contribution in [3.8, 4) is 0 Å². The second kappa shape index (κ2) is 6.30. The average Bonchev–Trinajstić information content (AvgIpc) is 2.90. The highest BCUT2D eigenvalue weighted by atomic mass is 32.1. The zero-order chi connectivity index (χ0) is 13.8. The van der Waals surface area contributed by atoms with E-state index in [-0.39, 0.29) is 0 Å². The van der Waals surface area contributed by atoms with E-state index in [0.717, 1.165) is 36.8 Å². The van der Waals surface area contributed by atoms with Crippen LogP contribution in [0.15, 0.2) is 11.4 Å². The molecule has 4 nitrogen and oxygen atoms in total. The molecule has 0 atom stereocenters. The number of hydrogen-bond donors (Lipinski definition) is 0. The Morgan fingerprint density at radius 2 is 2.05 bits per heavy atom. The van der Waals surface area contributed by atoms with Gasteiger partial charge in [0.05, 0.1) is 22.9 Å². The minimum atomic E-state index is 0.951. The summed E-state index contributed by atoms with van der Waals surface area (Å²) in [7, 11) is 2.16. The van der Waals surface area contributed by atoms with Crippen LogP contribution < -0.4 is 0 Å². The van der Waals surface area contributed by atoms with Gasteiger partial charge < -0.3 is 4.90 Å². The van der Waals surface area contributed by atoms with Crippen molar-refractivity contribution >= 4 is 11.3 Å². The van der Waals surface area contributed by atoms with Gasteiger partial charge in [-0.2, -0.15) is 5.10 Å². The summed E-state index contributed by atoms with van der Waals surface area (Å²) >= 11 is 1.73. The fourth-order valence-electron chi connectivity index (χ4n) is 2.11. The Balaban J connectivity index is 1.75. The summed E-state index contributed by atoms with van der Waals surface area (Å²) in [6.45, 7) is 9.22. The van der Waals surface area contributed by atoms with E-state index in [4.69, 9.17) is 0 Å². The fraction of sp³-hybridized carbons (Fsp3) is 0.571. The highest BCUT2D eigenvalue weighted by Gasteiger charge is 2.05. The Morgan fingerprint density at radius 1 is 1.26 bits per heavy atom. The first-order valence-corrected chi connectivity index (χ1v) is 7.53. The first kappa shape index (κ1) is 14.2. The normalized spacial score (nSPS) is 11.4. The molecule has 104 valence electrons. The van der Waals surface area contributed by atoms with Crippen LogP contribution in [-0.4, -0.2) is 39.8 Å². The molecule has 2 aromatic rings. The molecule has 2 heterocycles. The molecule has 0 fully saturated rings. The summed E-state index contributed by atoms with van der Waals surface area (Å²) in [6, 6.07) is 2.12.